The zero-order chi connectivity index (χ0) is 13.4. The maximum atomic E-state index is 9.74. The van der Waals surface area contributed by atoms with E-state index in [0.717, 1.165) is 25.3 Å². The smallest absolute Gasteiger partial charge is 0.180 e. The lowest BCUT2D eigenvalue weighted by molar-refractivity contribution is 0.174. The van der Waals surface area contributed by atoms with Crippen LogP contribution in [0, 0.1) is 0 Å². The lowest BCUT2D eigenvalue weighted by atomic mass is 10.3. The van der Waals surface area contributed by atoms with Gasteiger partial charge in [-0.1, -0.05) is 11.6 Å². The van der Waals surface area contributed by atoms with Crippen LogP contribution in [0.1, 0.15) is 5.69 Å². The van der Waals surface area contributed by atoms with E-state index in [-0.39, 0.29) is 5.17 Å². The normalized spacial score (nSPS) is 23.2. The largest absolute Gasteiger partial charge is 0.367 e. The summed E-state index contributed by atoms with van der Waals surface area (Å²) < 4.78 is 1.97. The molecule has 2 aliphatic rings. The fraction of sp³-hybridized carbons (Fsp3) is 0.455. The monoisotopic (exact) mass is 282 g/mol. The van der Waals surface area contributed by atoms with E-state index in [1.807, 2.05) is 10.7 Å². The van der Waals surface area contributed by atoms with Crippen LogP contribution in [0.25, 0.3) is 0 Å². The van der Waals surface area contributed by atoms with Gasteiger partial charge in [-0.3, -0.25) is 15.0 Å². The number of aliphatic hydroxyl groups is 1. The van der Waals surface area contributed by atoms with Crippen LogP contribution in [-0.2, 0) is 13.1 Å². The summed E-state index contributed by atoms with van der Waals surface area (Å²) in [5, 5.41) is 21.3. The minimum absolute atomic E-state index is 0.288. The number of rotatable bonds is 2. The van der Waals surface area contributed by atoms with E-state index in [1.165, 1.54) is 0 Å². The van der Waals surface area contributed by atoms with E-state index in [4.69, 9.17) is 11.6 Å². The van der Waals surface area contributed by atoms with Gasteiger partial charge in [-0.25, -0.2) is 0 Å². The molecule has 3 heterocycles. The first-order chi connectivity index (χ1) is 9.11. The summed E-state index contributed by atoms with van der Waals surface area (Å²) in [5.74, 6) is 0.698. The molecular formula is C11H15ClN6O. The van der Waals surface area contributed by atoms with E-state index in [2.05, 4.69) is 32.9 Å². The molecule has 19 heavy (non-hydrogen) atoms. The van der Waals surface area contributed by atoms with Crippen LogP contribution in [0.2, 0.25) is 0 Å². The van der Waals surface area contributed by atoms with Crippen LogP contribution >= 0.6 is 11.6 Å². The standard InChI is InChI=1S/C11H15ClN6O/c1-17-2-3-18-7(6-17)4-10(16-18)13-8-5-9(12)14-15-11(8)19/h4-5,11,15,19H,2-3,6H2,1H3,(H,13,16). The van der Waals surface area contributed by atoms with Crippen LogP contribution in [0.4, 0.5) is 5.82 Å². The van der Waals surface area contributed by atoms with Gasteiger partial charge in [-0.05, 0) is 7.05 Å². The Morgan fingerprint density at radius 2 is 2.37 bits per heavy atom. The lowest BCUT2D eigenvalue weighted by Crippen LogP contribution is -2.33. The molecule has 0 spiro atoms. The molecule has 2 aliphatic heterocycles. The van der Waals surface area contributed by atoms with Gasteiger partial charge in [0, 0.05) is 25.2 Å². The number of hydrazone groups is 1. The SMILES string of the molecule is CN1CCn2nc(NC3=CC(Cl)=NNC3O)cc2C1. The van der Waals surface area contributed by atoms with Gasteiger partial charge in [-0.15, -0.1) is 0 Å². The number of allylic oxidation sites excluding steroid dienone is 1. The molecule has 8 heteroatoms. The Balaban J connectivity index is 1.79. The van der Waals surface area contributed by atoms with Crippen molar-refractivity contribution in [3.05, 3.63) is 23.5 Å². The highest BCUT2D eigenvalue weighted by atomic mass is 35.5. The Kier molecular flexibility index (Phi) is 3.17. The van der Waals surface area contributed by atoms with Gasteiger partial charge in [-0.2, -0.15) is 10.2 Å². The first kappa shape index (κ1) is 12.5. The summed E-state index contributed by atoms with van der Waals surface area (Å²) in [4.78, 5) is 2.24. The summed E-state index contributed by atoms with van der Waals surface area (Å²) in [6, 6.07) is 1.98. The third-order valence-corrected chi connectivity index (χ3v) is 3.32. The highest BCUT2D eigenvalue weighted by Gasteiger charge is 2.19. The van der Waals surface area contributed by atoms with E-state index in [0.29, 0.717) is 11.5 Å². The molecule has 102 valence electrons. The summed E-state index contributed by atoms with van der Waals surface area (Å²) >= 11 is 5.79. The Hall–Kier alpha value is -1.57. The second-order valence-corrected chi connectivity index (χ2v) is 5.06. The van der Waals surface area contributed by atoms with E-state index in [1.54, 1.807) is 6.08 Å². The van der Waals surface area contributed by atoms with Crippen LogP contribution in [0.3, 0.4) is 0 Å². The van der Waals surface area contributed by atoms with Gasteiger partial charge in [0.15, 0.2) is 17.2 Å². The molecule has 0 radical (unpaired) electrons. The fourth-order valence-corrected chi connectivity index (χ4v) is 2.31. The molecule has 0 aliphatic carbocycles. The van der Waals surface area contributed by atoms with Crippen molar-refractivity contribution in [2.45, 2.75) is 19.3 Å². The number of fused-ring (bicyclic) bond motifs is 1. The predicted octanol–water partition coefficient (Wildman–Crippen LogP) is 0.0982. The maximum Gasteiger partial charge on any atom is 0.180 e. The molecule has 3 N–H and O–H groups in total. The molecule has 1 aromatic rings. The molecule has 0 saturated carbocycles. The molecule has 0 bridgehead atoms. The number of likely N-dealkylation sites (N-methyl/N-ethyl adjacent to an activating group) is 1. The van der Waals surface area contributed by atoms with E-state index < -0.39 is 6.23 Å². The molecule has 0 amide bonds. The maximum absolute atomic E-state index is 9.74. The van der Waals surface area contributed by atoms with Crippen LogP contribution in [0.5, 0.6) is 0 Å². The average molecular weight is 283 g/mol. The number of aromatic nitrogens is 2. The zero-order valence-corrected chi connectivity index (χ0v) is 11.2. The topological polar surface area (TPSA) is 77.7 Å². The Labute approximate surface area is 115 Å². The second-order valence-electron chi connectivity index (χ2n) is 4.67. The van der Waals surface area contributed by atoms with Crippen molar-refractivity contribution in [2.75, 3.05) is 18.9 Å². The number of halogens is 1. The molecule has 1 unspecified atom stereocenters. The summed E-state index contributed by atoms with van der Waals surface area (Å²) in [6.07, 6.45) is 0.677. The number of aliphatic hydroxyl groups excluding tert-OH is 1. The second kappa shape index (κ2) is 4.84. The molecule has 0 aromatic carbocycles. The van der Waals surface area contributed by atoms with Crippen molar-refractivity contribution in [3.8, 4) is 0 Å². The van der Waals surface area contributed by atoms with Crippen molar-refractivity contribution in [3.63, 3.8) is 0 Å². The summed E-state index contributed by atoms with van der Waals surface area (Å²) in [5.41, 5.74) is 4.19. The van der Waals surface area contributed by atoms with Crippen molar-refractivity contribution in [2.24, 2.45) is 5.10 Å². The molecule has 0 fully saturated rings. The lowest BCUT2D eigenvalue weighted by Gasteiger charge is -2.22. The van der Waals surface area contributed by atoms with Crippen molar-refractivity contribution < 1.29 is 5.11 Å². The molecule has 0 saturated heterocycles. The van der Waals surface area contributed by atoms with E-state index >= 15 is 0 Å². The van der Waals surface area contributed by atoms with Gasteiger partial charge in [0.2, 0.25) is 0 Å². The molecule has 1 aromatic heterocycles. The van der Waals surface area contributed by atoms with Crippen molar-refractivity contribution in [1.29, 1.82) is 0 Å². The first-order valence-corrected chi connectivity index (χ1v) is 6.40. The van der Waals surface area contributed by atoms with E-state index in [9.17, 15) is 5.11 Å². The van der Waals surface area contributed by atoms with Crippen LogP contribution < -0.4 is 10.7 Å². The third kappa shape index (κ3) is 2.58. The van der Waals surface area contributed by atoms with Gasteiger partial charge >= 0.3 is 0 Å². The number of hydrogen-bond donors (Lipinski definition) is 3. The number of anilines is 1. The summed E-state index contributed by atoms with van der Waals surface area (Å²) in [7, 11) is 2.08. The molecular weight excluding hydrogens is 268 g/mol. The predicted molar refractivity (Wildman–Crippen MR) is 72.7 cm³/mol. The Bertz CT molecular complexity index is 551. The first-order valence-electron chi connectivity index (χ1n) is 6.02. The van der Waals surface area contributed by atoms with Gasteiger partial charge in [0.1, 0.15) is 0 Å². The minimum Gasteiger partial charge on any atom is -0.367 e. The average Bonchev–Trinajstić information content (AvgIpc) is 2.75. The van der Waals surface area contributed by atoms with Gasteiger partial charge in [0.25, 0.3) is 0 Å². The third-order valence-electron chi connectivity index (χ3n) is 3.12. The number of nitrogens with zero attached hydrogens (tertiary/aromatic N) is 4. The Morgan fingerprint density at radius 1 is 1.53 bits per heavy atom. The van der Waals surface area contributed by atoms with Crippen molar-refractivity contribution in [1.82, 2.24) is 20.1 Å². The van der Waals surface area contributed by atoms with Crippen LogP contribution in [-0.4, -0.2) is 44.8 Å². The molecule has 1 atom stereocenters. The van der Waals surface area contributed by atoms with Gasteiger partial charge in [0.05, 0.1) is 17.9 Å². The fourth-order valence-electron chi connectivity index (χ4n) is 2.14. The Morgan fingerprint density at radius 3 is 3.21 bits per heavy atom. The highest BCUT2D eigenvalue weighted by Crippen LogP contribution is 2.18. The van der Waals surface area contributed by atoms with Gasteiger partial charge < -0.3 is 10.4 Å². The molecule has 7 nitrogen and oxygen atoms in total. The minimum atomic E-state index is -0.899. The zero-order valence-electron chi connectivity index (χ0n) is 10.5. The quantitative estimate of drug-likeness (QED) is 0.717. The highest BCUT2D eigenvalue weighted by molar-refractivity contribution is 6.68. The summed E-state index contributed by atoms with van der Waals surface area (Å²) in [6.45, 7) is 2.73. The van der Waals surface area contributed by atoms with Crippen molar-refractivity contribution >= 4 is 22.6 Å². The van der Waals surface area contributed by atoms with Crippen LogP contribution in [0.15, 0.2) is 22.9 Å². The number of hydrogen-bond acceptors (Lipinski definition) is 6. The number of nitrogens with one attached hydrogen (secondary N) is 2. The molecule has 3 rings (SSSR count).